The molecule has 41 heavy (non-hydrogen) atoms. The number of hydrogen-bond donors (Lipinski definition) is 0. The van der Waals surface area contributed by atoms with E-state index in [-0.39, 0.29) is 5.92 Å². The Labute approximate surface area is 237 Å². The molecule has 3 nitrogen and oxygen atoms in total. The Balaban J connectivity index is 1.26. The minimum Gasteiger partial charge on any atom is -0.456 e. The highest BCUT2D eigenvalue weighted by Gasteiger charge is 2.22. The summed E-state index contributed by atoms with van der Waals surface area (Å²) >= 11 is 0. The molecular formula is C38H27NO2. The van der Waals surface area contributed by atoms with Crippen LogP contribution in [0, 0.1) is 0 Å². The van der Waals surface area contributed by atoms with Crippen molar-refractivity contribution < 1.29 is 8.83 Å². The smallest absolute Gasteiger partial charge is 0.147 e. The van der Waals surface area contributed by atoms with Crippen molar-refractivity contribution in [1.82, 2.24) is 4.98 Å². The molecule has 0 aliphatic heterocycles. The first kappa shape index (κ1) is 23.7. The molecule has 0 aliphatic carbocycles. The molecule has 0 unspecified atom stereocenters. The van der Waals surface area contributed by atoms with Crippen LogP contribution in [0.15, 0.2) is 143 Å². The number of furan rings is 2. The van der Waals surface area contributed by atoms with Gasteiger partial charge in [0.05, 0.1) is 5.39 Å². The van der Waals surface area contributed by atoms with Crippen LogP contribution in [0.25, 0.3) is 55.0 Å². The van der Waals surface area contributed by atoms with E-state index in [1.165, 1.54) is 27.8 Å². The SMILES string of the molecule is c1ccc([C@@H](Cc2ccc(-c3ccncc3)cc2)Cc2cc3c4ccccc4oc3c3c2oc2ccccc23)cc1. The lowest BCUT2D eigenvalue weighted by Crippen LogP contribution is -2.07. The highest BCUT2D eigenvalue weighted by atomic mass is 16.3. The van der Waals surface area contributed by atoms with Gasteiger partial charge in [-0.15, -0.1) is 0 Å². The van der Waals surface area contributed by atoms with Crippen LogP contribution in [-0.4, -0.2) is 4.98 Å². The Morgan fingerprint density at radius 3 is 1.95 bits per heavy atom. The highest BCUT2D eigenvalue weighted by molar-refractivity contribution is 6.22. The van der Waals surface area contributed by atoms with Crippen molar-refractivity contribution in [1.29, 1.82) is 0 Å². The Hall–Kier alpha value is -5.15. The zero-order valence-electron chi connectivity index (χ0n) is 22.5. The molecule has 5 aromatic carbocycles. The van der Waals surface area contributed by atoms with E-state index >= 15 is 0 Å². The molecular weight excluding hydrogens is 502 g/mol. The van der Waals surface area contributed by atoms with E-state index < -0.39 is 0 Å². The number of para-hydroxylation sites is 2. The maximum atomic E-state index is 6.57. The number of hydrogen-bond acceptors (Lipinski definition) is 3. The molecule has 8 aromatic rings. The molecule has 0 aliphatic rings. The van der Waals surface area contributed by atoms with Crippen LogP contribution >= 0.6 is 0 Å². The summed E-state index contributed by atoms with van der Waals surface area (Å²) in [5, 5.41) is 4.44. The second-order valence-corrected chi connectivity index (χ2v) is 10.8. The third-order valence-corrected chi connectivity index (χ3v) is 8.25. The maximum Gasteiger partial charge on any atom is 0.147 e. The summed E-state index contributed by atoms with van der Waals surface area (Å²) in [6, 6.07) is 42.8. The first-order valence-corrected chi connectivity index (χ1v) is 14.1. The number of rotatable bonds is 6. The molecule has 0 radical (unpaired) electrons. The van der Waals surface area contributed by atoms with Crippen molar-refractivity contribution in [2.45, 2.75) is 18.8 Å². The molecule has 0 saturated heterocycles. The number of benzene rings is 5. The van der Waals surface area contributed by atoms with Crippen LogP contribution in [0.4, 0.5) is 0 Å². The fraction of sp³-hybridized carbons (Fsp3) is 0.0789. The van der Waals surface area contributed by atoms with Crippen LogP contribution in [0.5, 0.6) is 0 Å². The summed E-state index contributed by atoms with van der Waals surface area (Å²) in [4.78, 5) is 4.16. The van der Waals surface area contributed by atoms with E-state index in [1.807, 2.05) is 36.7 Å². The third-order valence-electron chi connectivity index (χ3n) is 8.25. The second kappa shape index (κ2) is 9.79. The number of nitrogens with zero attached hydrogens (tertiary/aromatic N) is 1. The minimum atomic E-state index is 0.273. The van der Waals surface area contributed by atoms with Crippen molar-refractivity contribution >= 4 is 43.9 Å². The van der Waals surface area contributed by atoms with Gasteiger partial charge in [0.1, 0.15) is 22.3 Å². The molecule has 3 heteroatoms. The quantitative estimate of drug-likeness (QED) is 0.215. The third kappa shape index (κ3) is 4.18. The molecule has 196 valence electrons. The standard InChI is InChI=1S/C38H27NO2/c1-2-8-26(9-3-1)29(22-25-14-16-27(17-15-25)28-18-20-39-21-19-28)23-30-24-33-31-10-4-6-12-34(31)41-38(33)36-32-11-5-7-13-35(32)40-37(30)36/h1-21,24,29H,22-23H2/t29-/m0/s1. The average Bonchev–Trinajstić information content (AvgIpc) is 3.61. The molecule has 0 saturated carbocycles. The van der Waals surface area contributed by atoms with E-state index in [0.29, 0.717) is 0 Å². The average molecular weight is 530 g/mol. The van der Waals surface area contributed by atoms with Crippen molar-refractivity contribution in [3.05, 3.63) is 150 Å². The Bertz CT molecular complexity index is 2140. The Kier molecular flexibility index (Phi) is 5.67. The van der Waals surface area contributed by atoms with Gasteiger partial charge in [0.25, 0.3) is 0 Å². The van der Waals surface area contributed by atoms with Gasteiger partial charge in [-0.25, -0.2) is 0 Å². The second-order valence-electron chi connectivity index (χ2n) is 10.8. The summed E-state index contributed by atoms with van der Waals surface area (Å²) in [5.41, 5.74) is 9.84. The summed E-state index contributed by atoms with van der Waals surface area (Å²) in [7, 11) is 0. The predicted octanol–water partition coefficient (Wildman–Crippen LogP) is 10.1. The van der Waals surface area contributed by atoms with Crippen LogP contribution in [0.3, 0.4) is 0 Å². The van der Waals surface area contributed by atoms with Gasteiger partial charge in [0, 0.05) is 28.6 Å². The molecule has 0 bridgehead atoms. The molecule has 3 heterocycles. The highest BCUT2D eigenvalue weighted by Crippen LogP contribution is 2.42. The van der Waals surface area contributed by atoms with Crippen molar-refractivity contribution in [3.8, 4) is 11.1 Å². The van der Waals surface area contributed by atoms with Gasteiger partial charge in [-0.3, -0.25) is 4.98 Å². The molecule has 0 amide bonds. The van der Waals surface area contributed by atoms with E-state index in [2.05, 4.69) is 102 Å². The van der Waals surface area contributed by atoms with E-state index in [9.17, 15) is 0 Å². The molecule has 8 rings (SSSR count). The topological polar surface area (TPSA) is 39.2 Å². The fourth-order valence-corrected chi connectivity index (χ4v) is 6.24. The van der Waals surface area contributed by atoms with Gasteiger partial charge in [0.2, 0.25) is 0 Å². The number of fused-ring (bicyclic) bond motifs is 7. The zero-order chi connectivity index (χ0) is 27.2. The lowest BCUT2D eigenvalue weighted by atomic mass is 9.85. The first-order valence-electron chi connectivity index (χ1n) is 14.1. The van der Waals surface area contributed by atoms with Crippen molar-refractivity contribution in [2.75, 3.05) is 0 Å². The van der Waals surface area contributed by atoms with Crippen molar-refractivity contribution in [2.24, 2.45) is 0 Å². The molecule has 0 spiro atoms. The van der Waals surface area contributed by atoms with Gasteiger partial charge in [0.15, 0.2) is 0 Å². The van der Waals surface area contributed by atoms with E-state index in [4.69, 9.17) is 8.83 Å². The largest absolute Gasteiger partial charge is 0.456 e. The maximum absolute atomic E-state index is 6.57. The lowest BCUT2D eigenvalue weighted by Gasteiger charge is -2.19. The fourth-order valence-electron chi connectivity index (χ4n) is 6.24. The van der Waals surface area contributed by atoms with Crippen LogP contribution < -0.4 is 0 Å². The summed E-state index contributed by atoms with van der Waals surface area (Å²) in [5.74, 6) is 0.273. The van der Waals surface area contributed by atoms with Crippen LogP contribution in [-0.2, 0) is 12.8 Å². The van der Waals surface area contributed by atoms with Gasteiger partial charge in [-0.2, -0.15) is 0 Å². The molecule has 3 aromatic heterocycles. The minimum absolute atomic E-state index is 0.273. The van der Waals surface area contributed by atoms with E-state index in [1.54, 1.807) is 0 Å². The monoisotopic (exact) mass is 529 g/mol. The molecule has 0 fully saturated rings. The number of aromatic nitrogens is 1. The summed E-state index contributed by atoms with van der Waals surface area (Å²) in [6.45, 7) is 0. The van der Waals surface area contributed by atoms with Crippen LogP contribution in [0.1, 0.15) is 22.6 Å². The van der Waals surface area contributed by atoms with Gasteiger partial charge in [-0.05, 0) is 76.9 Å². The molecule has 1 atom stereocenters. The lowest BCUT2D eigenvalue weighted by molar-refractivity contribution is 0.639. The van der Waals surface area contributed by atoms with Gasteiger partial charge in [-0.1, -0.05) is 91.0 Å². The normalized spacial score (nSPS) is 12.5. The zero-order valence-corrected chi connectivity index (χ0v) is 22.5. The number of pyridine rings is 1. The Morgan fingerprint density at radius 2 is 1.17 bits per heavy atom. The van der Waals surface area contributed by atoms with Gasteiger partial charge < -0.3 is 8.83 Å². The predicted molar refractivity (Wildman–Crippen MR) is 167 cm³/mol. The summed E-state index contributed by atoms with van der Waals surface area (Å²) in [6.07, 6.45) is 5.45. The van der Waals surface area contributed by atoms with Crippen molar-refractivity contribution in [3.63, 3.8) is 0 Å². The van der Waals surface area contributed by atoms with Gasteiger partial charge >= 0.3 is 0 Å². The van der Waals surface area contributed by atoms with Crippen LogP contribution in [0.2, 0.25) is 0 Å². The summed E-state index contributed by atoms with van der Waals surface area (Å²) < 4.78 is 13.0. The Morgan fingerprint density at radius 1 is 0.537 bits per heavy atom. The molecule has 0 N–H and O–H groups in total. The van der Waals surface area contributed by atoms with E-state index in [0.717, 1.165) is 56.7 Å². The first-order chi connectivity index (χ1) is 20.3.